The van der Waals surface area contributed by atoms with Crippen LogP contribution < -0.4 is 9.80 Å². The quantitative estimate of drug-likeness (QED) is 0.717. The predicted octanol–water partition coefficient (Wildman–Crippen LogP) is 3.99. The molecule has 0 spiro atoms. The smallest absolute Gasteiger partial charge is 0.292 e. The van der Waals surface area contributed by atoms with E-state index in [0.29, 0.717) is 13.1 Å². The maximum atomic E-state index is 12.8. The third-order valence-electron chi connectivity index (χ3n) is 4.23. The maximum absolute atomic E-state index is 12.8. The Morgan fingerprint density at radius 1 is 0.870 bits per heavy atom. The SMILES string of the molecule is Cc1cncc(N2CCN(c3ccc4ccccc4c3)C2=O)c1. The molecule has 1 aromatic heterocycles. The standard InChI is InChI=1S/C19H17N3O/c1-14-10-18(13-20-12-14)22-9-8-21(19(22)23)17-7-6-15-4-2-3-5-16(15)11-17/h2-7,10-13H,8-9H2,1H3. The fraction of sp³-hybridized carbons (Fsp3) is 0.158. The summed E-state index contributed by atoms with van der Waals surface area (Å²) in [7, 11) is 0. The molecule has 4 rings (SSSR count). The van der Waals surface area contributed by atoms with Crippen LogP contribution in [0.15, 0.2) is 60.9 Å². The Bertz CT molecular complexity index is 890. The average Bonchev–Trinajstić information content (AvgIpc) is 2.96. The van der Waals surface area contributed by atoms with Crippen LogP contribution in [0.25, 0.3) is 10.8 Å². The number of hydrogen-bond donors (Lipinski definition) is 0. The summed E-state index contributed by atoms with van der Waals surface area (Å²) in [6.07, 6.45) is 3.54. The minimum Gasteiger partial charge on any atom is -0.292 e. The molecule has 3 aromatic rings. The van der Waals surface area contributed by atoms with Crippen LogP contribution in [0.4, 0.5) is 16.2 Å². The molecule has 1 saturated heterocycles. The summed E-state index contributed by atoms with van der Waals surface area (Å²) in [6.45, 7) is 3.35. The van der Waals surface area contributed by atoms with Crippen molar-refractivity contribution in [1.29, 1.82) is 0 Å². The summed E-state index contributed by atoms with van der Waals surface area (Å²) in [6, 6.07) is 16.3. The Labute approximate surface area is 135 Å². The zero-order valence-electron chi connectivity index (χ0n) is 12.9. The van der Waals surface area contributed by atoms with E-state index in [1.807, 2.05) is 36.1 Å². The van der Waals surface area contributed by atoms with Gasteiger partial charge in [0.05, 0.1) is 11.9 Å². The van der Waals surface area contributed by atoms with Crippen molar-refractivity contribution in [2.45, 2.75) is 6.92 Å². The Balaban J connectivity index is 1.66. The second-order valence-corrected chi connectivity index (χ2v) is 5.84. The lowest BCUT2D eigenvalue weighted by Crippen LogP contribution is -2.31. The number of carbonyl (C=O) groups excluding carboxylic acids is 1. The van der Waals surface area contributed by atoms with E-state index < -0.39 is 0 Å². The average molecular weight is 303 g/mol. The largest absolute Gasteiger partial charge is 0.329 e. The molecule has 2 amide bonds. The molecule has 0 saturated carbocycles. The van der Waals surface area contributed by atoms with Gasteiger partial charge < -0.3 is 0 Å². The van der Waals surface area contributed by atoms with Gasteiger partial charge in [-0.25, -0.2) is 4.79 Å². The number of nitrogens with zero attached hydrogens (tertiary/aromatic N) is 3. The first-order valence-corrected chi connectivity index (χ1v) is 7.72. The normalized spacial score (nSPS) is 14.7. The fourth-order valence-electron chi connectivity index (χ4n) is 3.05. The Morgan fingerprint density at radius 3 is 2.39 bits per heavy atom. The topological polar surface area (TPSA) is 36.4 Å². The number of pyridine rings is 1. The van der Waals surface area contributed by atoms with Crippen LogP contribution in [0.3, 0.4) is 0 Å². The first kappa shape index (κ1) is 13.8. The van der Waals surface area contributed by atoms with E-state index in [1.165, 1.54) is 5.39 Å². The number of aryl methyl sites for hydroxylation is 1. The van der Waals surface area contributed by atoms with Gasteiger partial charge in [0.2, 0.25) is 0 Å². The Morgan fingerprint density at radius 2 is 1.61 bits per heavy atom. The van der Waals surface area contributed by atoms with E-state index in [4.69, 9.17) is 0 Å². The van der Waals surface area contributed by atoms with Crippen LogP contribution in [0.2, 0.25) is 0 Å². The van der Waals surface area contributed by atoms with Gasteiger partial charge in [-0.3, -0.25) is 14.8 Å². The fourth-order valence-corrected chi connectivity index (χ4v) is 3.05. The molecule has 2 aromatic carbocycles. The third kappa shape index (κ3) is 2.42. The van der Waals surface area contributed by atoms with Crippen LogP contribution in [0.1, 0.15) is 5.56 Å². The van der Waals surface area contributed by atoms with Crippen molar-refractivity contribution in [3.8, 4) is 0 Å². The number of urea groups is 1. The Hall–Kier alpha value is -2.88. The van der Waals surface area contributed by atoms with Crippen molar-refractivity contribution in [2.75, 3.05) is 22.9 Å². The summed E-state index contributed by atoms with van der Waals surface area (Å²) >= 11 is 0. The highest BCUT2D eigenvalue weighted by Gasteiger charge is 2.30. The molecule has 4 heteroatoms. The maximum Gasteiger partial charge on any atom is 0.329 e. The van der Waals surface area contributed by atoms with E-state index in [0.717, 1.165) is 22.3 Å². The number of hydrogen-bond acceptors (Lipinski definition) is 2. The summed E-state index contributed by atoms with van der Waals surface area (Å²) < 4.78 is 0. The van der Waals surface area contributed by atoms with Crippen molar-refractivity contribution in [1.82, 2.24) is 4.98 Å². The molecule has 4 nitrogen and oxygen atoms in total. The molecule has 0 radical (unpaired) electrons. The van der Waals surface area contributed by atoms with E-state index >= 15 is 0 Å². The van der Waals surface area contributed by atoms with Crippen LogP contribution in [0, 0.1) is 6.92 Å². The van der Waals surface area contributed by atoms with E-state index in [9.17, 15) is 4.79 Å². The van der Waals surface area contributed by atoms with Gasteiger partial charge in [-0.05, 0) is 41.5 Å². The Kier molecular flexibility index (Phi) is 3.23. The lowest BCUT2D eigenvalue weighted by molar-refractivity contribution is 0.256. The lowest BCUT2D eigenvalue weighted by atomic mass is 10.1. The zero-order chi connectivity index (χ0) is 15.8. The third-order valence-corrected chi connectivity index (χ3v) is 4.23. The van der Waals surface area contributed by atoms with Gasteiger partial charge in [0.25, 0.3) is 0 Å². The van der Waals surface area contributed by atoms with Crippen LogP contribution in [-0.4, -0.2) is 24.1 Å². The molecule has 114 valence electrons. The minimum atomic E-state index is 0.00711. The van der Waals surface area contributed by atoms with Gasteiger partial charge in [-0.1, -0.05) is 30.3 Å². The molecule has 2 heterocycles. The second-order valence-electron chi connectivity index (χ2n) is 5.84. The molecule has 1 fully saturated rings. The van der Waals surface area contributed by atoms with Gasteiger partial charge in [-0.15, -0.1) is 0 Å². The molecular formula is C19H17N3O. The highest BCUT2D eigenvalue weighted by molar-refractivity contribution is 6.07. The molecule has 0 bridgehead atoms. The molecule has 0 aliphatic carbocycles. The molecule has 0 N–H and O–H groups in total. The highest BCUT2D eigenvalue weighted by Crippen LogP contribution is 2.27. The van der Waals surface area contributed by atoms with Crippen LogP contribution in [0.5, 0.6) is 0 Å². The number of anilines is 2. The minimum absolute atomic E-state index is 0.00711. The van der Waals surface area contributed by atoms with E-state index in [2.05, 4.69) is 29.2 Å². The first-order valence-electron chi connectivity index (χ1n) is 7.72. The van der Waals surface area contributed by atoms with E-state index in [1.54, 1.807) is 17.3 Å². The van der Waals surface area contributed by atoms with Crippen molar-refractivity contribution < 1.29 is 4.79 Å². The van der Waals surface area contributed by atoms with Gasteiger partial charge in [0, 0.05) is 25.0 Å². The zero-order valence-corrected chi connectivity index (χ0v) is 12.9. The van der Waals surface area contributed by atoms with Crippen molar-refractivity contribution >= 4 is 28.2 Å². The first-order chi connectivity index (χ1) is 11.2. The van der Waals surface area contributed by atoms with Crippen molar-refractivity contribution in [3.63, 3.8) is 0 Å². The molecule has 0 unspecified atom stereocenters. The van der Waals surface area contributed by atoms with Crippen molar-refractivity contribution in [3.05, 3.63) is 66.5 Å². The highest BCUT2D eigenvalue weighted by atomic mass is 16.2. The van der Waals surface area contributed by atoms with Gasteiger partial charge in [0.1, 0.15) is 0 Å². The second kappa shape index (κ2) is 5.39. The number of benzene rings is 2. The summed E-state index contributed by atoms with van der Waals surface area (Å²) in [4.78, 5) is 20.6. The predicted molar refractivity (Wildman–Crippen MR) is 93.0 cm³/mol. The number of carbonyl (C=O) groups is 1. The van der Waals surface area contributed by atoms with Crippen molar-refractivity contribution in [2.24, 2.45) is 0 Å². The summed E-state index contributed by atoms with van der Waals surface area (Å²) in [5, 5.41) is 2.33. The number of amides is 2. The van der Waals surface area contributed by atoms with Crippen LogP contribution in [-0.2, 0) is 0 Å². The van der Waals surface area contributed by atoms with Gasteiger partial charge in [-0.2, -0.15) is 0 Å². The van der Waals surface area contributed by atoms with Gasteiger partial charge >= 0.3 is 6.03 Å². The van der Waals surface area contributed by atoms with Gasteiger partial charge in [0.15, 0.2) is 0 Å². The number of fused-ring (bicyclic) bond motifs is 1. The molecule has 1 aliphatic heterocycles. The van der Waals surface area contributed by atoms with E-state index in [-0.39, 0.29) is 6.03 Å². The lowest BCUT2D eigenvalue weighted by Gasteiger charge is -2.19. The summed E-state index contributed by atoms with van der Waals surface area (Å²) in [5.74, 6) is 0. The number of rotatable bonds is 2. The number of aromatic nitrogens is 1. The summed E-state index contributed by atoms with van der Waals surface area (Å²) in [5.41, 5.74) is 2.86. The molecule has 23 heavy (non-hydrogen) atoms. The molecule has 0 atom stereocenters. The molecule has 1 aliphatic rings. The monoisotopic (exact) mass is 303 g/mol. The van der Waals surface area contributed by atoms with Crippen LogP contribution >= 0.6 is 0 Å². The molecular weight excluding hydrogens is 286 g/mol.